The number of nitrogens with zero attached hydrogens (tertiary/aromatic N) is 2. The Morgan fingerprint density at radius 1 is 0.646 bits per heavy atom. The third kappa shape index (κ3) is 23.3. The molecular weight excluding hydrogens is 832 g/mol. The first-order chi connectivity index (χ1) is 29.3. The standard InChI is InChI=1S/C16H26N2O2.C16H24N2O2.C9H12N2O2.C7H14O.CN.B.Na/c2*1-7-14(16(3,4)5)17-18-15(19)12-9-8-10-13(20-6)11(12)2;1-6-7(9(12)11-10)4-3-5-8(6)13-2;1-5-6(8)7(2,3)4;1-2;;/h8-10,14,17H,7H2,1-6H3,(H,18,19);8-10H,7H2,1-6H3,(H,18,19);3-5H,10H2,1-2H3,(H,11,12);5H2,1-4H3;;;/q;;;;-1;;+1. The van der Waals surface area contributed by atoms with E-state index >= 15 is 0 Å². The normalized spacial score (nSPS) is 11.1. The van der Waals surface area contributed by atoms with Gasteiger partial charge >= 0.3 is 29.6 Å². The SMILES string of the molecule is CCC(=NNC(=O)c1cccc(OC)c1C)C(C)(C)C.CCC(=O)C(C)(C)C.CCC(NNC(=O)c1cccc(OC)c1C)C(C)(C)C.COc1cccc(C(=O)NN)c1C.[B].[C-]#N.[Na+]. The van der Waals surface area contributed by atoms with Crippen molar-refractivity contribution < 1.29 is 62.9 Å². The molecule has 3 aromatic carbocycles. The quantitative estimate of drug-likeness (QED) is 0.0361. The number of hydrazine groups is 2. The molecule has 0 fully saturated rings. The summed E-state index contributed by atoms with van der Waals surface area (Å²) in [5.74, 6) is 6.81. The Labute approximate surface area is 414 Å². The van der Waals surface area contributed by atoms with Crippen molar-refractivity contribution in [1.29, 1.82) is 5.26 Å². The number of hydrogen-bond donors (Lipinski definition) is 5. The van der Waals surface area contributed by atoms with E-state index < -0.39 is 0 Å². The van der Waals surface area contributed by atoms with Gasteiger partial charge in [0.05, 0.1) is 21.3 Å². The van der Waals surface area contributed by atoms with E-state index in [0.717, 1.165) is 41.0 Å². The Hall–Kier alpha value is -4.72. The Morgan fingerprint density at radius 2 is 1.02 bits per heavy atom. The number of ether oxygens (including phenoxy) is 3. The molecule has 1 unspecified atom stereocenters. The Kier molecular flexibility index (Phi) is 33.8. The Morgan fingerprint density at radius 3 is 1.28 bits per heavy atom. The van der Waals surface area contributed by atoms with Crippen LogP contribution >= 0.6 is 0 Å². The summed E-state index contributed by atoms with van der Waals surface area (Å²) in [5.41, 5.74) is 15.7. The second kappa shape index (κ2) is 32.9. The van der Waals surface area contributed by atoms with Gasteiger partial charge in [0.15, 0.2) is 0 Å². The number of carbonyl (C=O) groups excluding carboxylic acids is 4. The molecule has 0 spiro atoms. The molecular formula is C49H76BN7NaO7. The van der Waals surface area contributed by atoms with Gasteiger partial charge in [-0.2, -0.15) is 5.10 Å². The zero-order valence-electron chi connectivity index (χ0n) is 42.8. The van der Waals surface area contributed by atoms with E-state index in [1.807, 2.05) is 73.6 Å². The number of carbonyl (C=O) groups is 4. The van der Waals surface area contributed by atoms with E-state index in [-0.39, 0.29) is 78.0 Å². The fraction of sp³-hybridized carbons (Fsp3) is 0.510. The number of methoxy groups -OCH3 is 3. The predicted molar refractivity (Wildman–Crippen MR) is 259 cm³/mol. The van der Waals surface area contributed by atoms with Crippen LogP contribution in [0.1, 0.15) is 150 Å². The van der Waals surface area contributed by atoms with Crippen LogP contribution in [0.4, 0.5) is 0 Å². The molecule has 0 saturated heterocycles. The number of nitrogens with one attached hydrogen (secondary N) is 4. The molecule has 14 nitrogen and oxygen atoms in total. The van der Waals surface area contributed by atoms with Crippen LogP contribution in [-0.2, 0) is 4.79 Å². The molecule has 16 heteroatoms. The first-order valence-electron chi connectivity index (χ1n) is 20.9. The molecule has 0 saturated carbocycles. The largest absolute Gasteiger partial charge is 1.00 e. The number of rotatable bonds is 12. The number of hydrazone groups is 1. The van der Waals surface area contributed by atoms with Crippen molar-refractivity contribution in [2.45, 2.75) is 129 Å². The molecule has 353 valence electrons. The van der Waals surface area contributed by atoms with Gasteiger partial charge in [-0.15, -0.1) is 0 Å². The fourth-order valence-corrected chi connectivity index (χ4v) is 5.96. The number of nitrogens with two attached hydrogens (primary N) is 1. The van der Waals surface area contributed by atoms with Crippen molar-refractivity contribution >= 4 is 37.6 Å². The summed E-state index contributed by atoms with van der Waals surface area (Å²) in [7, 11) is 4.76. The second-order valence-corrected chi connectivity index (χ2v) is 17.4. The van der Waals surface area contributed by atoms with Crippen molar-refractivity contribution in [3.8, 4) is 17.2 Å². The number of benzene rings is 3. The van der Waals surface area contributed by atoms with Gasteiger partial charge in [0, 0.05) is 70.8 Å². The first-order valence-corrected chi connectivity index (χ1v) is 20.9. The van der Waals surface area contributed by atoms with Crippen LogP contribution in [0.3, 0.4) is 0 Å². The van der Waals surface area contributed by atoms with Crippen molar-refractivity contribution in [3.05, 3.63) is 94.6 Å². The molecule has 0 aliphatic carbocycles. The van der Waals surface area contributed by atoms with Crippen LogP contribution in [-0.4, -0.2) is 65.0 Å². The van der Waals surface area contributed by atoms with E-state index in [9.17, 15) is 19.2 Å². The molecule has 3 rings (SSSR count). The molecule has 0 aliphatic rings. The van der Waals surface area contributed by atoms with E-state index in [2.05, 4.69) is 75.3 Å². The monoisotopic (exact) mass is 909 g/mol. The van der Waals surface area contributed by atoms with Crippen LogP contribution in [0.15, 0.2) is 59.7 Å². The van der Waals surface area contributed by atoms with Gasteiger partial charge in [-0.05, 0) is 75.4 Å². The summed E-state index contributed by atoms with van der Waals surface area (Å²) in [6.45, 7) is 34.9. The molecule has 3 aromatic rings. The summed E-state index contributed by atoms with van der Waals surface area (Å²) in [6, 6.07) is 16.3. The van der Waals surface area contributed by atoms with Crippen molar-refractivity contribution in [2.24, 2.45) is 27.2 Å². The maximum atomic E-state index is 12.3. The number of ketones is 1. The van der Waals surface area contributed by atoms with Gasteiger partial charge in [0.25, 0.3) is 17.7 Å². The fourth-order valence-electron chi connectivity index (χ4n) is 5.96. The molecule has 3 amide bonds. The zero-order valence-corrected chi connectivity index (χ0v) is 44.8. The average Bonchev–Trinajstić information content (AvgIpc) is 3.23. The van der Waals surface area contributed by atoms with E-state index in [0.29, 0.717) is 40.4 Å². The molecule has 3 radical (unpaired) electrons. The van der Waals surface area contributed by atoms with Crippen LogP contribution < -0.4 is 71.3 Å². The molecule has 65 heavy (non-hydrogen) atoms. The van der Waals surface area contributed by atoms with Crippen molar-refractivity contribution in [2.75, 3.05) is 21.3 Å². The van der Waals surface area contributed by atoms with Gasteiger partial charge in [-0.1, -0.05) is 101 Å². The Bertz CT molecular complexity index is 1970. The minimum absolute atomic E-state index is 0. The maximum Gasteiger partial charge on any atom is 1.00 e. The second-order valence-electron chi connectivity index (χ2n) is 17.4. The van der Waals surface area contributed by atoms with E-state index in [1.54, 1.807) is 57.7 Å². The van der Waals surface area contributed by atoms with Crippen LogP contribution in [0.5, 0.6) is 17.2 Å². The smallest absolute Gasteiger partial charge is 0.512 e. The minimum Gasteiger partial charge on any atom is -0.512 e. The minimum atomic E-state index is -0.309. The number of Topliss-reactive ketones (excluding diaryl/α,β-unsaturated/α-hetero) is 1. The molecule has 6 N–H and O–H groups in total. The number of hydrogen-bond acceptors (Lipinski definition) is 11. The Balaban J connectivity index is -0.000000390. The van der Waals surface area contributed by atoms with E-state index in [4.69, 9.17) is 31.9 Å². The van der Waals surface area contributed by atoms with Crippen molar-refractivity contribution in [1.82, 2.24) is 21.7 Å². The van der Waals surface area contributed by atoms with E-state index in [1.165, 1.54) is 0 Å². The molecule has 1 atom stereocenters. The average molecular weight is 909 g/mol. The van der Waals surface area contributed by atoms with Gasteiger partial charge in [0.1, 0.15) is 23.0 Å². The molecule has 0 bridgehead atoms. The summed E-state index contributed by atoms with van der Waals surface area (Å²) in [6.07, 6.45) is 2.41. The van der Waals surface area contributed by atoms with Crippen LogP contribution in [0, 0.1) is 48.9 Å². The summed E-state index contributed by atoms with van der Waals surface area (Å²) in [5, 5.41) is 10.5. The maximum absolute atomic E-state index is 12.3. The first kappa shape index (κ1) is 66.9. The topological polar surface area (TPSA) is 206 Å². The number of nitrogen functional groups attached to an aromatic ring is 1. The zero-order chi connectivity index (χ0) is 49.3. The summed E-state index contributed by atoms with van der Waals surface area (Å²) < 4.78 is 15.5. The third-order valence-electron chi connectivity index (χ3n) is 9.84. The van der Waals surface area contributed by atoms with Crippen LogP contribution in [0.2, 0.25) is 0 Å². The third-order valence-corrected chi connectivity index (χ3v) is 9.84. The van der Waals surface area contributed by atoms with Crippen molar-refractivity contribution in [3.63, 3.8) is 0 Å². The molecule has 0 aliphatic heterocycles. The molecule has 0 heterocycles. The van der Waals surface area contributed by atoms with Gasteiger partial charge in [0.2, 0.25) is 0 Å². The van der Waals surface area contributed by atoms with Gasteiger partial charge in [-0.25, -0.2) is 16.7 Å². The number of amides is 3. The molecule has 0 aromatic heterocycles. The van der Waals surface area contributed by atoms with Gasteiger partial charge in [-0.3, -0.25) is 30.0 Å². The summed E-state index contributed by atoms with van der Waals surface area (Å²) in [4.78, 5) is 46.5. The summed E-state index contributed by atoms with van der Waals surface area (Å²) >= 11 is 0. The van der Waals surface area contributed by atoms with Crippen LogP contribution in [0.25, 0.3) is 0 Å². The van der Waals surface area contributed by atoms with Gasteiger partial charge < -0.3 is 26.0 Å². The predicted octanol–water partition coefficient (Wildman–Crippen LogP) is 5.95.